The summed E-state index contributed by atoms with van der Waals surface area (Å²) in [7, 11) is 1.32. The molecule has 1 aliphatic rings. The van der Waals surface area contributed by atoms with Crippen LogP contribution in [0.4, 0.5) is 0 Å². The number of hydrogen-bond donors (Lipinski definition) is 1. The minimum atomic E-state index is -0.455. The fourth-order valence-electron chi connectivity index (χ4n) is 4.10. The lowest BCUT2D eigenvalue weighted by atomic mass is 9.99. The fraction of sp³-hybridized carbons (Fsp3) is 0.273. The highest BCUT2D eigenvalue weighted by molar-refractivity contribution is 14.1. The lowest BCUT2D eigenvalue weighted by Gasteiger charge is -2.13. The van der Waals surface area contributed by atoms with E-state index in [0.717, 1.165) is 28.6 Å². The zero-order chi connectivity index (χ0) is 20.5. The van der Waals surface area contributed by atoms with Crippen LogP contribution in [-0.2, 0) is 27.3 Å². The number of carbonyl (C=O) groups excluding carboxylic acids is 2. The summed E-state index contributed by atoms with van der Waals surface area (Å²) >= 11 is 2.34. The lowest BCUT2D eigenvalue weighted by molar-refractivity contribution is -0.142. The number of nitrogens with zero attached hydrogens (tertiary/aromatic N) is 1. The molecule has 1 heterocycles. The molecule has 0 spiro atoms. The smallest absolute Gasteiger partial charge is 0.343 e. The lowest BCUT2D eigenvalue weighted by Crippen LogP contribution is -2.19. The van der Waals surface area contributed by atoms with Crippen LogP contribution in [0.5, 0.6) is 5.75 Å². The molecule has 2 aromatic carbocycles. The highest BCUT2D eigenvalue weighted by Gasteiger charge is 2.34. The van der Waals surface area contributed by atoms with E-state index in [9.17, 15) is 9.59 Å². The van der Waals surface area contributed by atoms with E-state index in [-0.39, 0.29) is 18.4 Å². The molecule has 0 fully saturated rings. The molecule has 6 nitrogen and oxygen atoms in total. The van der Waals surface area contributed by atoms with Gasteiger partial charge in [0.2, 0.25) is 5.91 Å². The summed E-state index contributed by atoms with van der Waals surface area (Å²) in [5.74, 6) is -0.575. The van der Waals surface area contributed by atoms with Crippen molar-refractivity contribution in [1.29, 1.82) is 0 Å². The van der Waals surface area contributed by atoms with Crippen molar-refractivity contribution in [1.82, 2.24) is 4.57 Å². The number of esters is 1. The van der Waals surface area contributed by atoms with Gasteiger partial charge in [-0.3, -0.25) is 4.79 Å². The highest BCUT2D eigenvalue weighted by Crippen LogP contribution is 2.44. The quantitative estimate of drug-likeness (QED) is 0.413. The molecule has 29 heavy (non-hydrogen) atoms. The maximum absolute atomic E-state index is 12.2. The van der Waals surface area contributed by atoms with Crippen molar-refractivity contribution >= 4 is 45.4 Å². The van der Waals surface area contributed by atoms with Crippen LogP contribution in [0.1, 0.15) is 29.2 Å². The normalized spacial score (nSPS) is 15.3. The van der Waals surface area contributed by atoms with Crippen LogP contribution in [-0.4, -0.2) is 30.2 Å². The van der Waals surface area contributed by atoms with Crippen molar-refractivity contribution in [3.05, 3.63) is 62.9 Å². The van der Waals surface area contributed by atoms with Crippen molar-refractivity contribution in [3.63, 3.8) is 0 Å². The van der Waals surface area contributed by atoms with Gasteiger partial charge in [0.05, 0.1) is 18.5 Å². The van der Waals surface area contributed by atoms with Gasteiger partial charge in [0.1, 0.15) is 5.75 Å². The Balaban J connectivity index is 1.88. The van der Waals surface area contributed by atoms with Gasteiger partial charge >= 0.3 is 5.97 Å². The molecule has 1 unspecified atom stereocenters. The van der Waals surface area contributed by atoms with E-state index in [2.05, 4.69) is 44.0 Å². The molecular formula is C22H21IN2O4. The number of amides is 1. The first-order chi connectivity index (χ1) is 14.0. The van der Waals surface area contributed by atoms with E-state index in [1.54, 1.807) is 0 Å². The van der Waals surface area contributed by atoms with Gasteiger partial charge < -0.3 is 19.8 Å². The SMILES string of the molecule is COC(=O)COc1cccc2c1c1c(n2Cc2ccccc2I)CCC1C(N)=O. The van der Waals surface area contributed by atoms with Gasteiger partial charge in [0.25, 0.3) is 0 Å². The van der Waals surface area contributed by atoms with Crippen molar-refractivity contribution in [3.8, 4) is 5.75 Å². The van der Waals surface area contributed by atoms with Gasteiger partial charge in [0, 0.05) is 21.2 Å². The van der Waals surface area contributed by atoms with E-state index in [1.807, 2.05) is 30.3 Å². The maximum Gasteiger partial charge on any atom is 0.343 e. The average molecular weight is 504 g/mol. The zero-order valence-corrected chi connectivity index (χ0v) is 18.1. The Labute approximate surface area is 182 Å². The largest absolute Gasteiger partial charge is 0.481 e. The van der Waals surface area contributed by atoms with Crippen LogP contribution >= 0.6 is 22.6 Å². The third-order valence-corrected chi connectivity index (χ3v) is 6.47. The second kappa shape index (κ2) is 8.06. The molecule has 7 heteroatoms. The molecule has 1 atom stereocenters. The average Bonchev–Trinajstić information content (AvgIpc) is 3.27. The first-order valence-electron chi connectivity index (χ1n) is 9.37. The van der Waals surface area contributed by atoms with E-state index in [0.29, 0.717) is 18.7 Å². The molecule has 2 N–H and O–H groups in total. The standard InChI is InChI=1S/C22H21IN2O4/c1-28-19(26)12-29-18-8-4-7-16-21(18)20-14(22(24)27)9-10-17(20)25(16)11-13-5-2-3-6-15(13)23/h2-8,14H,9-12H2,1H3,(H2,24,27). The molecule has 0 saturated heterocycles. The van der Waals surface area contributed by atoms with Crippen LogP contribution in [0, 0.1) is 3.57 Å². The monoisotopic (exact) mass is 504 g/mol. The summed E-state index contributed by atoms with van der Waals surface area (Å²) < 4.78 is 13.9. The number of primary amides is 1. The fourth-order valence-corrected chi connectivity index (χ4v) is 4.66. The van der Waals surface area contributed by atoms with E-state index >= 15 is 0 Å². The van der Waals surface area contributed by atoms with E-state index in [1.165, 1.54) is 16.2 Å². The molecule has 1 aliphatic carbocycles. The predicted octanol–water partition coefficient (Wildman–Crippen LogP) is 3.36. The minimum absolute atomic E-state index is 0.187. The molecule has 1 amide bonds. The Morgan fingerprint density at radius 1 is 1.21 bits per heavy atom. The minimum Gasteiger partial charge on any atom is -0.481 e. The number of carbonyl (C=O) groups is 2. The number of methoxy groups -OCH3 is 1. The van der Waals surface area contributed by atoms with Gasteiger partial charge in [0.15, 0.2) is 6.61 Å². The molecule has 4 rings (SSSR count). The van der Waals surface area contributed by atoms with Crippen LogP contribution in [0.3, 0.4) is 0 Å². The molecule has 0 bridgehead atoms. The molecule has 3 aromatic rings. The first kappa shape index (κ1) is 19.8. The number of fused-ring (bicyclic) bond motifs is 3. The summed E-state index contributed by atoms with van der Waals surface area (Å²) in [5.41, 5.74) is 9.94. The molecule has 0 radical (unpaired) electrons. The maximum atomic E-state index is 12.2. The number of aromatic nitrogens is 1. The summed E-state index contributed by atoms with van der Waals surface area (Å²) in [5, 5.41) is 0.860. The molecule has 150 valence electrons. The molecular weight excluding hydrogens is 483 g/mol. The Morgan fingerprint density at radius 3 is 2.72 bits per heavy atom. The Morgan fingerprint density at radius 2 is 2.00 bits per heavy atom. The van der Waals surface area contributed by atoms with Crippen molar-refractivity contribution in [2.45, 2.75) is 25.3 Å². The van der Waals surface area contributed by atoms with Gasteiger partial charge in [-0.05, 0) is 64.8 Å². The number of nitrogens with two attached hydrogens (primary N) is 1. The van der Waals surface area contributed by atoms with Gasteiger partial charge in [-0.15, -0.1) is 0 Å². The summed E-state index contributed by atoms with van der Waals surface area (Å²) in [4.78, 5) is 23.7. The molecule has 1 aromatic heterocycles. The van der Waals surface area contributed by atoms with Crippen molar-refractivity contribution in [2.75, 3.05) is 13.7 Å². The number of rotatable bonds is 6. The third kappa shape index (κ3) is 3.59. The highest BCUT2D eigenvalue weighted by atomic mass is 127. The Hall–Kier alpha value is -2.55. The van der Waals surface area contributed by atoms with Crippen LogP contribution in [0.25, 0.3) is 10.9 Å². The number of halogens is 1. The van der Waals surface area contributed by atoms with Crippen LogP contribution in [0.15, 0.2) is 42.5 Å². The topological polar surface area (TPSA) is 83.6 Å². The van der Waals surface area contributed by atoms with E-state index < -0.39 is 5.97 Å². The van der Waals surface area contributed by atoms with Crippen molar-refractivity contribution < 1.29 is 19.1 Å². The summed E-state index contributed by atoms with van der Waals surface area (Å²) in [6.45, 7) is 0.504. The number of benzene rings is 2. The predicted molar refractivity (Wildman–Crippen MR) is 118 cm³/mol. The van der Waals surface area contributed by atoms with E-state index in [4.69, 9.17) is 10.5 Å². The van der Waals surface area contributed by atoms with Crippen LogP contribution < -0.4 is 10.5 Å². The Kier molecular flexibility index (Phi) is 5.49. The van der Waals surface area contributed by atoms with Gasteiger partial charge in [-0.2, -0.15) is 0 Å². The van der Waals surface area contributed by atoms with Crippen molar-refractivity contribution in [2.24, 2.45) is 5.73 Å². The summed E-state index contributed by atoms with van der Waals surface area (Å²) in [6.07, 6.45) is 1.46. The number of hydrogen-bond acceptors (Lipinski definition) is 4. The zero-order valence-electron chi connectivity index (χ0n) is 16.0. The van der Waals surface area contributed by atoms with Crippen LogP contribution in [0.2, 0.25) is 0 Å². The summed E-state index contributed by atoms with van der Waals surface area (Å²) in [6, 6.07) is 14.0. The second-order valence-electron chi connectivity index (χ2n) is 7.05. The first-order valence-corrected chi connectivity index (χ1v) is 10.5. The van der Waals surface area contributed by atoms with Gasteiger partial charge in [-0.25, -0.2) is 4.79 Å². The molecule has 0 saturated carbocycles. The Bertz CT molecular complexity index is 1110. The number of ether oxygens (including phenoxy) is 2. The van der Waals surface area contributed by atoms with Gasteiger partial charge in [-0.1, -0.05) is 24.3 Å². The molecule has 0 aliphatic heterocycles. The third-order valence-electron chi connectivity index (χ3n) is 5.42. The second-order valence-corrected chi connectivity index (χ2v) is 8.21.